The lowest BCUT2D eigenvalue weighted by atomic mass is 9.86. The zero-order valence-electron chi connectivity index (χ0n) is 8.81. The van der Waals surface area contributed by atoms with Gasteiger partial charge in [-0.15, -0.1) is 0 Å². The van der Waals surface area contributed by atoms with Gasteiger partial charge in [0.2, 0.25) is 0 Å². The molecule has 0 aromatic heterocycles. The van der Waals surface area contributed by atoms with Crippen LogP contribution in [0.3, 0.4) is 0 Å². The van der Waals surface area contributed by atoms with Gasteiger partial charge in [0.1, 0.15) is 6.10 Å². The van der Waals surface area contributed by atoms with Crippen molar-refractivity contribution in [3.05, 3.63) is 0 Å². The standard InChI is InChI=1S/C10H20O2/c1-6-7-8(12-5)9(11)10(2,3)4/h8H,6-7H2,1-5H3. The average Bonchev–Trinajstić information content (AvgIpc) is 1.97. The molecule has 0 amide bonds. The van der Waals surface area contributed by atoms with E-state index in [0.717, 1.165) is 12.8 Å². The number of hydrogen-bond acceptors (Lipinski definition) is 2. The fraction of sp³-hybridized carbons (Fsp3) is 0.900. The van der Waals surface area contributed by atoms with Crippen LogP contribution in [-0.2, 0) is 9.53 Å². The second-order valence-corrected chi connectivity index (χ2v) is 4.13. The van der Waals surface area contributed by atoms with Gasteiger partial charge in [-0.1, -0.05) is 34.1 Å². The van der Waals surface area contributed by atoms with Gasteiger partial charge in [-0.25, -0.2) is 0 Å². The normalized spacial score (nSPS) is 14.4. The quantitative estimate of drug-likeness (QED) is 0.651. The minimum Gasteiger partial charge on any atom is -0.374 e. The van der Waals surface area contributed by atoms with Crippen LogP contribution in [0.15, 0.2) is 0 Å². The highest BCUT2D eigenvalue weighted by Crippen LogP contribution is 2.20. The summed E-state index contributed by atoms with van der Waals surface area (Å²) >= 11 is 0. The van der Waals surface area contributed by atoms with Crippen LogP contribution in [0.5, 0.6) is 0 Å². The van der Waals surface area contributed by atoms with E-state index < -0.39 is 0 Å². The molecule has 0 saturated carbocycles. The molecular weight excluding hydrogens is 152 g/mol. The van der Waals surface area contributed by atoms with E-state index in [0.29, 0.717) is 0 Å². The molecule has 12 heavy (non-hydrogen) atoms. The fourth-order valence-electron chi connectivity index (χ4n) is 1.10. The number of carbonyl (C=O) groups excluding carboxylic acids is 1. The summed E-state index contributed by atoms with van der Waals surface area (Å²) in [5, 5.41) is 0. The van der Waals surface area contributed by atoms with Gasteiger partial charge in [-0.3, -0.25) is 4.79 Å². The van der Waals surface area contributed by atoms with Crippen molar-refractivity contribution < 1.29 is 9.53 Å². The zero-order chi connectivity index (χ0) is 9.78. The average molecular weight is 172 g/mol. The molecule has 2 nitrogen and oxygen atoms in total. The highest BCUT2D eigenvalue weighted by molar-refractivity contribution is 5.87. The number of hydrogen-bond donors (Lipinski definition) is 0. The van der Waals surface area contributed by atoms with Gasteiger partial charge in [0, 0.05) is 12.5 Å². The maximum atomic E-state index is 11.7. The SMILES string of the molecule is CCCC(OC)C(=O)C(C)(C)C. The molecule has 0 aliphatic rings. The van der Waals surface area contributed by atoms with Crippen molar-refractivity contribution in [2.24, 2.45) is 5.41 Å². The molecule has 1 atom stereocenters. The number of methoxy groups -OCH3 is 1. The zero-order valence-corrected chi connectivity index (χ0v) is 8.81. The third-order valence-electron chi connectivity index (χ3n) is 1.87. The highest BCUT2D eigenvalue weighted by Gasteiger charge is 2.28. The fourth-order valence-corrected chi connectivity index (χ4v) is 1.10. The summed E-state index contributed by atoms with van der Waals surface area (Å²) in [7, 11) is 1.60. The maximum absolute atomic E-state index is 11.7. The van der Waals surface area contributed by atoms with Gasteiger partial charge < -0.3 is 4.74 Å². The first-order valence-corrected chi connectivity index (χ1v) is 4.50. The number of Topliss-reactive ketones (excluding diaryl/α,β-unsaturated/α-hetero) is 1. The monoisotopic (exact) mass is 172 g/mol. The van der Waals surface area contributed by atoms with E-state index in [1.165, 1.54) is 0 Å². The third-order valence-corrected chi connectivity index (χ3v) is 1.87. The molecule has 0 aliphatic heterocycles. The lowest BCUT2D eigenvalue weighted by Gasteiger charge is -2.22. The van der Waals surface area contributed by atoms with Crippen LogP contribution in [-0.4, -0.2) is 19.0 Å². The molecule has 0 aromatic rings. The first-order valence-electron chi connectivity index (χ1n) is 4.50. The molecule has 1 unspecified atom stereocenters. The summed E-state index contributed by atoms with van der Waals surface area (Å²) in [4.78, 5) is 11.7. The van der Waals surface area contributed by atoms with Gasteiger partial charge in [0.05, 0.1) is 0 Å². The van der Waals surface area contributed by atoms with Crippen molar-refractivity contribution in [1.29, 1.82) is 0 Å². The molecule has 0 aromatic carbocycles. The lowest BCUT2D eigenvalue weighted by Crippen LogP contribution is -2.33. The molecular formula is C10H20O2. The molecule has 0 heterocycles. The van der Waals surface area contributed by atoms with E-state index in [2.05, 4.69) is 6.92 Å². The Morgan fingerprint density at radius 2 is 1.92 bits per heavy atom. The van der Waals surface area contributed by atoms with Crippen LogP contribution < -0.4 is 0 Å². The van der Waals surface area contributed by atoms with Crippen molar-refractivity contribution >= 4 is 5.78 Å². The molecule has 2 heteroatoms. The maximum Gasteiger partial charge on any atom is 0.166 e. The Morgan fingerprint density at radius 3 is 2.17 bits per heavy atom. The van der Waals surface area contributed by atoms with Crippen molar-refractivity contribution in [1.82, 2.24) is 0 Å². The van der Waals surface area contributed by atoms with E-state index in [9.17, 15) is 4.79 Å². The molecule has 0 radical (unpaired) electrons. The number of carbonyl (C=O) groups is 1. The van der Waals surface area contributed by atoms with Gasteiger partial charge in [-0.2, -0.15) is 0 Å². The Balaban J connectivity index is 4.22. The minimum atomic E-state index is -0.282. The Labute approximate surface area is 75.3 Å². The van der Waals surface area contributed by atoms with Crippen molar-refractivity contribution in [2.75, 3.05) is 7.11 Å². The number of ether oxygens (including phenoxy) is 1. The topological polar surface area (TPSA) is 26.3 Å². The third kappa shape index (κ3) is 3.35. The minimum absolute atomic E-state index is 0.201. The van der Waals surface area contributed by atoms with Crippen LogP contribution in [0.4, 0.5) is 0 Å². The second kappa shape index (κ2) is 4.61. The first kappa shape index (κ1) is 11.6. The smallest absolute Gasteiger partial charge is 0.166 e. The van der Waals surface area contributed by atoms with Crippen LogP contribution in [0.25, 0.3) is 0 Å². The molecule has 0 saturated heterocycles. The summed E-state index contributed by atoms with van der Waals surface area (Å²) in [6, 6.07) is 0. The van der Waals surface area contributed by atoms with Crippen LogP contribution in [0, 0.1) is 5.41 Å². The van der Waals surface area contributed by atoms with Gasteiger partial charge in [0.15, 0.2) is 5.78 Å². The van der Waals surface area contributed by atoms with E-state index in [4.69, 9.17) is 4.74 Å². The Morgan fingerprint density at radius 1 is 1.42 bits per heavy atom. The molecule has 0 spiro atoms. The lowest BCUT2D eigenvalue weighted by molar-refractivity contribution is -0.137. The van der Waals surface area contributed by atoms with Crippen molar-refractivity contribution in [3.63, 3.8) is 0 Å². The second-order valence-electron chi connectivity index (χ2n) is 4.13. The summed E-state index contributed by atoms with van der Waals surface area (Å²) in [5.41, 5.74) is -0.282. The highest BCUT2D eigenvalue weighted by atomic mass is 16.5. The Bertz CT molecular complexity index is 144. The summed E-state index contributed by atoms with van der Waals surface area (Å²) in [6.45, 7) is 7.84. The van der Waals surface area contributed by atoms with Crippen LogP contribution in [0.1, 0.15) is 40.5 Å². The van der Waals surface area contributed by atoms with Gasteiger partial charge in [0.25, 0.3) is 0 Å². The molecule has 0 rings (SSSR count). The number of rotatable bonds is 4. The van der Waals surface area contributed by atoms with E-state index in [1.54, 1.807) is 7.11 Å². The largest absolute Gasteiger partial charge is 0.374 e. The van der Waals surface area contributed by atoms with Crippen LogP contribution in [0.2, 0.25) is 0 Å². The molecule has 0 aliphatic carbocycles. The van der Waals surface area contributed by atoms with Crippen molar-refractivity contribution in [3.8, 4) is 0 Å². The van der Waals surface area contributed by atoms with Gasteiger partial charge in [-0.05, 0) is 6.42 Å². The molecule has 0 fully saturated rings. The van der Waals surface area contributed by atoms with E-state index in [-0.39, 0.29) is 17.3 Å². The number of ketones is 1. The summed E-state index contributed by atoms with van der Waals surface area (Å²) in [5.74, 6) is 0.201. The summed E-state index contributed by atoms with van der Waals surface area (Å²) in [6.07, 6.45) is 1.60. The van der Waals surface area contributed by atoms with E-state index in [1.807, 2.05) is 20.8 Å². The van der Waals surface area contributed by atoms with Crippen LogP contribution >= 0.6 is 0 Å². The van der Waals surface area contributed by atoms with E-state index >= 15 is 0 Å². The van der Waals surface area contributed by atoms with Gasteiger partial charge >= 0.3 is 0 Å². The summed E-state index contributed by atoms with van der Waals surface area (Å²) < 4.78 is 5.13. The predicted molar refractivity (Wildman–Crippen MR) is 50.2 cm³/mol. The first-order chi connectivity index (χ1) is 5.43. The van der Waals surface area contributed by atoms with Crippen molar-refractivity contribution in [2.45, 2.75) is 46.6 Å². The molecule has 72 valence electrons. The molecule has 0 bridgehead atoms. The Hall–Kier alpha value is -0.370. The Kier molecular flexibility index (Phi) is 4.46. The molecule has 0 N–H and O–H groups in total. The predicted octanol–water partition coefficient (Wildman–Crippen LogP) is 2.42.